The molecule has 0 aliphatic carbocycles. The molecule has 22 heavy (non-hydrogen) atoms. The average molecular weight is 424 g/mol. The number of hydrogen-bond acceptors (Lipinski definition) is 1. The minimum atomic E-state index is -0.0609. The van der Waals surface area contributed by atoms with Crippen LogP contribution in [0.2, 0.25) is 0 Å². The molecular formula is C19H11BrOY-2. The van der Waals surface area contributed by atoms with Gasteiger partial charge in [-0.1, -0.05) is 39.7 Å². The van der Waals surface area contributed by atoms with Gasteiger partial charge >= 0.3 is 0 Å². The maximum Gasteiger partial charge on any atom is 0.0894 e. The minimum absolute atomic E-state index is 0. The molecule has 0 heterocycles. The van der Waals surface area contributed by atoms with Crippen molar-refractivity contribution in [3.05, 3.63) is 94.5 Å². The van der Waals surface area contributed by atoms with Crippen molar-refractivity contribution >= 4 is 21.7 Å². The van der Waals surface area contributed by atoms with E-state index in [1.807, 2.05) is 48.5 Å². The fourth-order valence-corrected chi connectivity index (χ4v) is 2.62. The standard InChI is InChI=1S/C19H11BrO.Y/c20-18-9-5-4-8-17(18)14-10-12-16(13-11-14)19(21)15-6-2-1-3-7-15;/h1-6,8-12H;/q-2;. The molecule has 3 aromatic carbocycles. The number of ketones is 1. The number of carbonyl (C=O) groups is 1. The molecule has 0 unspecified atom stereocenters. The molecule has 3 rings (SSSR count). The van der Waals surface area contributed by atoms with E-state index in [0.29, 0.717) is 11.1 Å². The van der Waals surface area contributed by atoms with Crippen LogP contribution in [0.4, 0.5) is 0 Å². The Bertz CT molecular complexity index is 767. The van der Waals surface area contributed by atoms with Gasteiger partial charge < -0.3 is 4.79 Å². The molecule has 0 atom stereocenters. The van der Waals surface area contributed by atoms with Crippen molar-refractivity contribution in [1.82, 2.24) is 0 Å². The molecule has 0 bridgehead atoms. The zero-order valence-corrected chi connectivity index (χ0v) is 16.1. The summed E-state index contributed by atoms with van der Waals surface area (Å²) in [6, 6.07) is 26.8. The first kappa shape index (κ1) is 17.3. The van der Waals surface area contributed by atoms with Crippen molar-refractivity contribution in [3.8, 4) is 11.1 Å². The third-order valence-electron chi connectivity index (χ3n) is 3.20. The second-order valence-electron chi connectivity index (χ2n) is 4.58. The van der Waals surface area contributed by atoms with Gasteiger partial charge in [0.2, 0.25) is 0 Å². The molecule has 0 aliphatic heterocycles. The maximum absolute atomic E-state index is 12.3. The van der Waals surface area contributed by atoms with Crippen LogP contribution in [0.1, 0.15) is 15.9 Å². The van der Waals surface area contributed by atoms with E-state index in [1.165, 1.54) is 0 Å². The Balaban J connectivity index is 0.00000176. The van der Waals surface area contributed by atoms with Crippen LogP contribution in [0.3, 0.4) is 0 Å². The first-order valence-corrected chi connectivity index (χ1v) is 7.33. The van der Waals surface area contributed by atoms with Crippen LogP contribution in [0.5, 0.6) is 0 Å². The van der Waals surface area contributed by atoms with Gasteiger partial charge in [0.1, 0.15) is 0 Å². The summed E-state index contributed by atoms with van der Waals surface area (Å²) in [5.41, 5.74) is 3.21. The van der Waals surface area contributed by atoms with E-state index in [4.69, 9.17) is 0 Å². The number of hydrogen-bond donors (Lipinski definition) is 0. The second kappa shape index (κ2) is 7.96. The predicted molar refractivity (Wildman–Crippen MR) is 87.1 cm³/mol. The van der Waals surface area contributed by atoms with E-state index in [2.05, 4.69) is 28.1 Å². The fourth-order valence-electron chi connectivity index (χ4n) is 2.11. The van der Waals surface area contributed by atoms with E-state index in [9.17, 15) is 4.79 Å². The normalized spacial score (nSPS) is 9.86. The van der Waals surface area contributed by atoms with Crippen LogP contribution in [-0.4, -0.2) is 5.78 Å². The number of carbonyl (C=O) groups excluding carboxylic acids is 1. The summed E-state index contributed by atoms with van der Waals surface area (Å²) < 4.78 is 1.02. The second-order valence-corrected chi connectivity index (χ2v) is 5.43. The van der Waals surface area contributed by atoms with Gasteiger partial charge in [0.15, 0.2) is 0 Å². The molecule has 105 valence electrons. The Morgan fingerprint density at radius 1 is 0.864 bits per heavy atom. The largest absolute Gasteiger partial charge is 0.348 e. The Hall–Kier alpha value is -1.09. The predicted octanol–water partition coefficient (Wildman–Crippen LogP) is 4.94. The van der Waals surface area contributed by atoms with Gasteiger partial charge in [0.05, 0.1) is 5.78 Å². The van der Waals surface area contributed by atoms with Crippen LogP contribution < -0.4 is 0 Å². The third kappa shape index (κ3) is 3.81. The molecule has 0 saturated carbocycles. The zero-order valence-electron chi connectivity index (χ0n) is 11.7. The van der Waals surface area contributed by atoms with Crippen LogP contribution in [0.15, 0.2) is 71.2 Å². The van der Waals surface area contributed by atoms with Crippen molar-refractivity contribution < 1.29 is 37.5 Å². The molecule has 0 spiro atoms. The summed E-state index contributed by atoms with van der Waals surface area (Å²) in [6.45, 7) is 0. The Kier molecular flexibility index (Phi) is 6.25. The summed E-state index contributed by atoms with van der Waals surface area (Å²) >= 11 is 3.53. The summed E-state index contributed by atoms with van der Waals surface area (Å²) in [6.07, 6.45) is 0. The van der Waals surface area contributed by atoms with E-state index < -0.39 is 0 Å². The quantitative estimate of drug-likeness (QED) is 0.430. The van der Waals surface area contributed by atoms with E-state index in [-0.39, 0.29) is 38.5 Å². The fraction of sp³-hybridized carbons (Fsp3) is 0. The van der Waals surface area contributed by atoms with Crippen molar-refractivity contribution in [3.63, 3.8) is 0 Å². The van der Waals surface area contributed by atoms with Crippen molar-refractivity contribution in [1.29, 1.82) is 0 Å². The topological polar surface area (TPSA) is 17.1 Å². The Morgan fingerprint density at radius 3 is 2.23 bits per heavy atom. The SMILES string of the molecule is O=C(c1[c-]cccc1)c1[c-]cc(-c2ccccc2Br)cc1.[Y]. The van der Waals surface area contributed by atoms with Gasteiger partial charge in [0, 0.05) is 37.2 Å². The van der Waals surface area contributed by atoms with Gasteiger partial charge in [-0.05, 0) is 11.6 Å². The molecule has 3 aromatic rings. The van der Waals surface area contributed by atoms with Gasteiger partial charge in [-0.25, -0.2) is 0 Å². The molecule has 0 N–H and O–H groups in total. The molecule has 3 heteroatoms. The molecule has 0 saturated heterocycles. The van der Waals surface area contributed by atoms with Crippen LogP contribution in [-0.2, 0) is 32.7 Å². The van der Waals surface area contributed by atoms with E-state index in [1.54, 1.807) is 18.2 Å². The first-order valence-electron chi connectivity index (χ1n) is 6.54. The molecule has 0 fully saturated rings. The van der Waals surface area contributed by atoms with Crippen molar-refractivity contribution in [2.24, 2.45) is 0 Å². The van der Waals surface area contributed by atoms with Gasteiger partial charge in [0.25, 0.3) is 0 Å². The Labute approximate surface area is 163 Å². The molecule has 0 aromatic heterocycles. The third-order valence-corrected chi connectivity index (χ3v) is 3.89. The maximum atomic E-state index is 12.3. The molecule has 1 nitrogen and oxygen atoms in total. The monoisotopic (exact) mass is 423 g/mol. The summed E-state index contributed by atoms with van der Waals surface area (Å²) in [7, 11) is 0. The molecule has 0 amide bonds. The summed E-state index contributed by atoms with van der Waals surface area (Å²) in [5, 5.41) is 0. The minimum Gasteiger partial charge on any atom is -0.348 e. The van der Waals surface area contributed by atoms with E-state index in [0.717, 1.165) is 15.6 Å². The van der Waals surface area contributed by atoms with Gasteiger partial charge in [-0.3, -0.25) is 0 Å². The number of rotatable bonds is 3. The van der Waals surface area contributed by atoms with Gasteiger partial charge in [-0.2, -0.15) is 0 Å². The summed E-state index contributed by atoms with van der Waals surface area (Å²) in [4.78, 5) is 12.3. The average Bonchev–Trinajstić information content (AvgIpc) is 2.56. The Morgan fingerprint density at radius 2 is 1.59 bits per heavy atom. The summed E-state index contributed by atoms with van der Waals surface area (Å²) in [5.74, 6) is -0.0609. The zero-order chi connectivity index (χ0) is 14.7. The van der Waals surface area contributed by atoms with Crippen LogP contribution >= 0.6 is 15.9 Å². The molecule has 0 aliphatic rings. The van der Waals surface area contributed by atoms with Crippen molar-refractivity contribution in [2.45, 2.75) is 0 Å². The number of benzene rings is 3. The first-order chi connectivity index (χ1) is 10.3. The van der Waals surface area contributed by atoms with Gasteiger partial charge in [-0.15, -0.1) is 65.7 Å². The number of halogens is 1. The molecule has 1 radical (unpaired) electrons. The van der Waals surface area contributed by atoms with Crippen LogP contribution in [0, 0.1) is 12.1 Å². The van der Waals surface area contributed by atoms with Crippen molar-refractivity contribution in [2.75, 3.05) is 0 Å². The van der Waals surface area contributed by atoms with Crippen LogP contribution in [0.25, 0.3) is 11.1 Å². The molecular weight excluding hydrogens is 413 g/mol. The smallest absolute Gasteiger partial charge is 0.0894 e. The van der Waals surface area contributed by atoms with E-state index >= 15 is 0 Å².